The van der Waals surface area contributed by atoms with Crippen molar-refractivity contribution in [3.63, 3.8) is 0 Å². The summed E-state index contributed by atoms with van der Waals surface area (Å²) in [5.41, 5.74) is 6.05. The minimum atomic E-state index is -0.331. The van der Waals surface area contributed by atoms with Crippen molar-refractivity contribution in [3.8, 4) is 5.75 Å². The van der Waals surface area contributed by atoms with Gasteiger partial charge in [-0.25, -0.2) is 9.79 Å². The zero-order valence-corrected chi connectivity index (χ0v) is 17.7. The molecule has 1 aliphatic heterocycles. The molecule has 6 nitrogen and oxygen atoms in total. The second-order valence-electron chi connectivity index (χ2n) is 7.38. The predicted molar refractivity (Wildman–Crippen MR) is 118 cm³/mol. The lowest BCUT2D eigenvalue weighted by atomic mass is 10.1. The van der Waals surface area contributed by atoms with Crippen LogP contribution in [-0.4, -0.2) is 38.7 Å². The molecular formula is C23H25N3O3S. The fourth-order valence-corrected chi connectivity index (χ4v) is 4.90. The summed E-state index contributed by atoms with van der Waals surface area (Å²) in [5, 5.41) is 10.00. The summed E-state index contributed by atoms with van der Waals surface area (Å²) < 4.78 is 8.08. The highest BCUT2D eigenvalue weighted by atomic mass is 32.2. The number of rotatable bonds is 7. The topological polar surface area (TPSA) is 74.7 Å². The number of hydroxylamine groups is 1. The van der Waals surface area contributed by atoms with Crippen LogP contribution in [0.5, 0.6) is 5.75 Å². The van der Waals surface area contributed by atoms with Crippen LogP contribution in [0.15, 0.2) is 54.6 Å². The smallest absolute Gasteiger partial charge is 0.261 e. The van der Waals surface area contributed by atoms with Gasteiger partial charge in [0.05, 0.1) is 5.52 Å². The number of aromatic nitrogens is 1. The number of fused-ring (bicyclic) bond motifs is 1. The molecule has 1 saturated heterocycles. The van der Waals surface area contributed by atoms with E-state index in [1.165, 1.54) is 5.56 Å². The Labute approximate surface area is 180 Å². The summed E-state index contributed by atoms with van der Waals surface area (Å²) in [7, 11) is 0. The fraction of sp³-hybridized carbons (Fsp3) is 0.304. The van der Waals surface area contributed by atoms with E-state index in [9.17, 15) is 4.79 Å². The molecule has 1 atom stereocenters. The quantitative estimate of drug-likeness (QED) is 0.341. The normalized spacial score (nSPS) is 16.7. The van der Waals surface area contributed by atoms with E-state index in [2.05, 4.69) is 29.2 Å². The zero-order chi connectivity index (χ0) is 20.9. The molecule has 2 aromatic carbocycles. The molecular weight excluding hydrogens is 398 g/mol. The van der Waals surface area contributed by atoms with Crippen molar-refractivity contribution < 1.29 is 14.7 Å². The van der Waals surface area contributed by atoms with Gasteiger partial charge in [-0.3, -0.25) is 15.0 Å². The van der Waals surface area contributed by atoms with E-state index in [0.29, 0.717) is 6.61 Å². The number of nitrogens with zero attached hydrogens (tertiary/aromatic N) is 2. The third-order valence-electron chi connectivity index (χ3n) is 5.28. The fourth-order valence-electron chi connectivity index (χ4n) is 3.74. The Morgan fingerprint density at radius 2 is 2.07 bits per heavy atom. The zero-order valence-electron chi connectivity index (χ0n) is 16.9. The number of carbonyl (C=O) groups is 1. The molecule has 0 aliphatic carbocycles. The van der Waals surface area contributed by atoms with Crippen molar-refractivity contribution in [2.24, 2.45) is 0 Å². The van der Waals surface area contributed by atoms with Crippen molar-refractivity contribution in [2.75, 3.05) is 12.3 Å². The van der Waals surface area contributed by atoms with Crippen LogP contribution in [0.1, 0.15) is 23.2 Å². The van der Waals surface area contributed by atoms with Crippen LogP contribution in [-0.2, 0) is 17.8 Å². The summed E-state index contributed by atoms with van der Waals surface area (Å²) in [6.07, 6.45) is 1.59. The lowest BCUT2D eigenvalue weighted by Crippen LogP contribution is -2.40. The van der Waals surface area contributed by atoms with Gasteiger partial charge in [-0.2, -0.15) is 0 Å². The Bertz CT molecular complexity index is 1030. The lowest BCUT2D eigenvalue weighted by Gasteiger charge is -2.21. The maximum Gasteiger partial charge on any atom is 0.261 e. The molecule has 156 valence electrons. The first-order valence-corrected chi connectivity index (χ1v) is 11.0. The van der Waals surface area contributed by atoms with Gasteiger partial charge in [0.1, 0.15) is 18.4 Å². The molecule has 3 aromatic rings. The molecule has 2 N–H and O–H groups in total. The Morgan fingerprint density at radius 3 is 2.87 bits per heavy atom. The number of aryl methyl sites for hydroxylation is 1. The van der Waals surface area contributed by atoms with Crippen LogP contribution in [0.2, 0.25) is 0 Å². The number of carbonyl (C=O) groups excluding carboxylic acids is 1. The number of benzene rings is 2. The average molecular weight is 424 g/mol. The first-order valence-electron chi connectivity index (χ1n) is 10.0. The highest BCUT2D eigenvalue weighted by Gasteiger charge is 2.30. The largest absolute Gasteiger partial charge is 0.489 e. The Hall–Kier alpha value is -2.61. The molecule has 1 unspecified atom stereocenters. The molecule has 2 heterocycles. The van der Waals surface area contributed by atoms with Crippen LogP contribution in [0.3, 0.4) is 0 Å². The van der Waals surface area contributed by atoms with Crippen molar-refractivity contribution >= 4 is 28.8 Å². The second-order valence-corrected chi connectivity index (χ2v) is 8.51. The third-order valence-corrected chi connectivity index (χ3v) is 6.46. The van der Waals surface area contributed by atoms with Gasteiger partial charge in [-0.05, 0) is 49.6 Å². The van der Waals surface area contributed by atoms with Crippen LogP contribution in [0.25, 0.3) is 10.9 Å². The van der Waals surface area contributed by atoms with Gasteiger partial charge < -0.3 is 4.74 Å². The minimum absolute atomic E-state index is 0.263. The van der Waals surface area contributed by atoms with Gasteiger partial charge in [-0.1, -0.05) is 42.3 Å². The first-order chi connectivity index (χ1) is 14.6. The highest BCUT2D eigenvalue weighted by Crippen LogP contribution is 2.27. The van der Waals surface area contributed by atoms with E-state index in [1.54, 1.807) is 17.4 Å². The highest BCUT2D eigenvalue weighted by molar-refractivity contribution is 7.97. The minimum Gasteiger partial charge on any atom is -0.489 e. The molecule has 0 spiro atoms. The summed E-state index contributed by atoms with van der Waals surface area (Å²) in [4.78, 5) is 16.3. The van der Waals surface area contributed by atoms with E-state index in [0.717, 1.165) is 53.0 Å². The molecule has 4 rings (SSSR count). The molecule has 0 bridgehead atoms. The standard InChI is InChI=1S/C23H25N3O3S/c1-16-14-18(20-4-2-3-5-21(20)24-16)15-29-19-8-6-17(7-9-19)10-12-26-22(11-13-30-26)23(27)25-28/h2-9,14,22,28H,10-13,15H2,1H3,(H,25,27). The van der Waals surface area contributed by atoms with Gasteiger partial charge in [-0.15, -0.1) is 0 Å². The Morgan fingerprint density at radius 1 is 1.27 bits per heavy atom. The molecule has 0 radical (unpaired) electrons. The van der Waals surface area contributed by atoms with Crippen molar-refractivity contribution in [2.45, 2.75) is 32.4 Å². The molecule has 1 amide bonds. The molecule has 0 saturated carbocycles. The molecule has 7 heteroatoms. The van der Waals surface area contributed by atoms with E-state index in [4.69, 9.17) is 9.94 Å². The SMILES string of the molecule is Cc1cc(COc2ccc(CCN3SCCC3C(=O)NO)cc2)c2ccccc2n1. The van der Waals surface area contributed by atoms with Gasteiger partial charge >= 0.3 is 0 Å². The predicted octanol–water partition coefficient (Wildman–Crippen LogP) is 3.89. The number of hydrogen-bond acceptors (Lipinski definition) is 6. The van der Waals surface area contributed by atoms with E-state index in [-0.39, 0.29) is 11.9 Å². The first kappa shape index (κ1) is 20.7. The number of nitrogens with one attached hydrogen (secondary N) is 1. The maximum atomic E-state index is 11.7. The molecule has 1 fully saturated rings. The van der Waals surface area contributed by atoms with Gasteiger partial charge in [0.15, 0.2) is 0 Å². The van der Waals surface area contributed by atoms with Gasteiger partial charge in [0.25, 0.3) is 5.91 Å². The lowest BCUT2D eigenvalue weighted by molar-refractivity contribution is -0.132. The summed E-state index contributed by atoms with van der Waals surface area (Å²) in [5.74, 6) is 1.39. The van der Waals surface area contributed by atoms with Crippen LogP contribution < -0.4 is 10.2 Å². The number of para-hydroxylation sites is 1. The summed E-state index contributed by atoms with van der Waals surface area (Å²) in [6.45, 7) is 3.25. The number of ether oxygens (including phenoxy) is 1. The average Bonchev–Trinajstić information content (AvgIpc) is 3.24. The van der Waals surface area contributed by atoms with E-state index >= 15 is 0 Å². The number of hydrogen-bond donors (Lipinski definition) is 2. The van der Waals surface area contributed by atoms with Crippen molar-refractivity contribution in [1.82, 2.24) is 14.8 Å². The number of pyridine rings is 1. The van der Waals surface area contributed by atoms with Gasteiger partial charge in [0.2, 0.25) is 0 Å². The van der Waals surface area contributed by atoms with E-state index in [1.807, 2.05) is 41.6 Å². The Balaban J connectivity index is 1.35. The van der Waals surface area contributed by atoms with Crippen molar-refractivity contribution in [3.05, 3.63) is 71.4 Å². The number of amides is 1. The van der Waals surface area contributed by atoms with E-state index < -0.39 is 0 Å². The Kier molecular flexibility index (Phi) is 6.52. The van der Waals surface area contributed by atoms with Crippen LogP contribution >= 0.6 is 11.9 Å². The summed E-state index contributed by atoms with van der Waals surface area (Å²) in [6, 6.07) is 18.0. The molecule has 1 aliphatic rings. The molecule has 1 aromatic heterocycles. The van der Waals surface area contributed by atoms with Crippen LogP contribution in [0.4, 0.5) is 0 Å². The second kappa shape index (κ2) is 9.47. The van der Waals surface area contributed by atoms with Crippen LogP contribution in [0, 0.1) is 6.92 Å². The third kappa shape index (κ3) is 4.75. The maximum absolute atomic E-state index is 11.7. The summed E-state index contributed by atoms with van der Waals surface area (Å²) >= 11 is 1.66. The molecule has 30 heavy (non-hydrogen) atoms. The van der Waals surface area contributed by atoms with Gasteiger partial charge in [0, 0.05) is 28.9 Å². The monoisotopic (exact) mass is 423 g/mol. The van der Waals surface area contributed by atoms with Crippen molar-refractivity contribution in [1.29, 1.82) is 0 Å².